The van der Waals surface area contributed by atoms with Crippen LogP contribution in [0.25, 0.3) is 12.2 Å². The van der Waals surface area contributed by atoms with Crippen LogP contribution in [0.15, 0.2) is 57.9 Å². The first-order valence-electron chi connectivity index (χ1n) is 9.57. The van der Waals surface area contributed by atoms with Crippen molar-refractivity contribution in [2.75, 3.05) is 5.32 Å². The van der Waals surface area contributed by atoms with E-state index < -0.39 is 10.0 Å². The first-order chi connectivity index (χ1) is 14.8. The molecule has 2 aromatic carbocycles. The maximum Gasteiger partial charge on any atom is 0.240 e. The van der Waals surface area contributed by atoms with Gasteiger partial charge in [0.2, 0.25) is 15.9 Å². The van der Waals surface area contributed by atoms with Crippen LogP contribution < -0.4 is 10.0 Å². The third-order valence-corrected chi connectivity index (χ3v) is 6.14. The average Bonchev–Trinajstić information content (AvgIpc) is 3.11. The topological polar surface area (TPSA) is 101 Å². The molecule has 9 heteroatoms. The molecule has 0 atom stereocenters. The maximum absolute atomic E-state index is 12.5. The molecule has 31 heavy (non-hydrogen) atoms. The predicted octanol–water partition coefficient (Wildman–Crippen LogP) is 4.63. The minimum absolute atomic E-state index is 0.137. The van der Waals surface area contributed by atoms with Crippen molar-refractivity contribution in [2.45, 2.75) is 31.7 Å². The average molecular weight is 460 g/mol. The van der Waals surface area contributed by atoms with E-state index in [2.05, 4.69) is 15.2 Å². The highest BCUT2D eigenvalue weighted by Gasteiger charge is 2.14. The van der Waals surface area contributed by atoms with Crippen LogP contribution >= 0.6 is 11.6 Å². The van der Waals surface area contributed by atoms with Crippen molar-refractivity contribution in [3.63, 3.8) is 0 Å². The predicted molar refractivity (Wildman–Crippen MR) is 121 cm³/mol. The van der Waals surface area contributed by atoms with E-state index >= 15 is 0 Å². The van der Waals surface area contributed by atoms with Gasteiger partial charge in [-0.3, -0.25) is 4.79 Å². The minimum Gasteiger partial charge on any atom is -0.354 e. The Morgan fingerprint density at radius 1 is 1.10 bits per heavy atom. The van der Waals surface area contributed by atoms with Gasteiger partial charge in [0, 0.05) is 18.0 Å². The summed E-state index contributed by atoms with van der Waals surface area (Å²) in [5.41, 5.74) is 2.67. The van der Waals surface area contributed by atoms with Gasteiger partial charge in [0.05, 0.1) is 4.90 Å². The van der Waals surface area contributed by atoms with Gasteiger partial charge in [0.25, 0.3) is 0 Å². The number of hydrogen-bond donors (Lipinski definition) is 2. The van der Waals surface area contributed by atoms with Gasteiger partial charge in [-0.05, 0) is 48.4 Å². The van der Waals surface area contributed by atoms with Crippen LogP contribution in [0.4, 0.5) is 5.69 Å². The lowest BCUT2D eigenvalue weighted by Crippen LogP contribution is -2.23. The lowest BCUT2D eigenvalue weighted by molar-refractivity contribution is -0.115. The van der Waals surface area contributed by atoms with Crippen LogP contribution in [0, 0.1) is 6.92 Å². The number of nitrogens with zero attached hydrogens (tertiary/aromatic N) is 1. The molecule has 1 amide bonds. The summed E-state index contributed by atoms with van der Waals surface area (Å²) < 4.78 is 32.9. The number of benzene rings is 2. The summed E-state index contributed by atoms with van der Waals surface area (Å²) in [6, 6.07) is 13.4. The van der Waals surface area contributed by atoms with Gasteiger partial charge < -0.3 is 9.84 Å². The molecule has 162 valence electrons. The van der Waals surface area contributed by atoms with Gasteiger partial charge in [-0.15, -0.1) is 0 Å². The highest BCUT2D eigenvalue weighted by atomic mass is 35.5. The smallest absolute Gasteiger partial charge is 0.240 e. The molecule has 0 spiro atoms. The first kappa shape index (κ1) is 22.7. The Morgan fingerprint density at radius 2 is 1.77 bits per heavy atom. The number of nitrogens with one attached hydrogen (secondary N) is 2. The second kappa shape index (κ2) is 9.91. The van der Waals surface area contributed by atoms with Crippen molar-refractivity contribution >= 4 is 45.4 Å². The summed E-state index contributed by atoms with van der Waals surface area (Å²) in [5, 5.41) is 7.23. The second-order valence-corrected chi connectivity index (χ2v) is 8.97. The summed E-state index contributed by atoms with van der Waals surface area (Å²) in [5.74, 6) is 0.280. The summed E-state index contributed by atoms with van der Waals surface area (Å²) in [6.07, 6.45) is 3.77. The highest BCUT2D eigenvalue weighted by Crippen LogP contribution is 2.23. The first-order valence-corrected chi connectivity index (χ1v) is 11.4. The molecule has 0 saturated heterocycles. The Balaban J connectivity index is 1.68. The number of rotatable bonds is 8. The number of halogens is 1. The van der Waals surface area contributed by atoms with Crippen LogP contribution in [0.5, 0.6) is 0 Å². The summed E-state index contributed by atoms with van der Waals surface area (Å²) >= 11 is 5.84. The molecule has 7 nitrogen and oxygen atoms in total. The molecule has 0 saturated carbocycles. The number of anilines is 1. The van der Waals surface area contributed by atoms with Gasteiger partial charge in [-0.2, -0.15) is 0 Å². The zero-order chi connectivity index (χ0) is 22.4. The molecule has 0 bridgehead atoms. The molecule has 2 N–H and O–H groups in total. The van der Waals surface area contributed by atoms with Crippen LogP contribution in [0.1, 0.15) is 35.9 Å². The molecular formula is C22H22ClN3O4S. The SMILES string of the molecule is CCC(=O)Nc1c(C)noc1/C=C\c1ccc(S(=O)(=O)NCc2ccc(Cl)cc2)cc1. The van der Waals surface area contributed by atoms with Crippen LogP contribution in [0.2, 0.25) is 5.02 Å². The third kappa shape index (κ3) is 6.04. The molecule has 0 aliphatic heterocycles. The van der Waals surface area contributed by atoms with Crippen molar-refractivity contribution < 1.29 is 17.7 Å². The molecule has 3 aromatic rings. The number of sulfonamides is 1. The Bertz CT molecular complexity index is 1180. The fourth-order valence-electron chi connectivity index (χ4n) is 2.67. The van der Waals surface area contributed by atoms with Crippen LogP contribution in [-0.2, 0) is 21.4 Å². The molecule has 0 radical (unpaired) electrons. The van der Waals surface area contributed by atoms with Gasteiger partial charge in [-0.1, -0.05) is 54.0 Å². The van der Waals surface area contributed by atoms with E-state index in [4.69, 9.17) is 16.1 Å². The number of aryl methyl sites for hydroxylation is 1. The van der Waals surface area contributed by atoms with Crippen molar-refractivity contribution in [1.29, 1.82) is 0 Å². The highest BCUT2D eigenvalue weighted by molar-refractivity contribution is 7.89. The second-order valence-electron chi connectivity index (χ2n) is 6.76. The summed E-state index contributed by atoms with van der Waals surface area (Å²) in [7, 11) is -3.66. The van der Waals surface area contributed by atoms with Gasteiger partial charge >= 0.3 is 0 Å². The van der Waals surface area contributed by atoms with Crippen LogP contribution in [-0.4, -0.2) is 19.5 Å². The van der Waals surface area contributed by atoms with Gasteiger partial charge in [0.1, 0.15) is 11.4 Å². The third-order valence-electron chi connectivity index (χ3n) is 4.47. The van der Waals surface area contributed by atoms with E-state index in [0.717, 1.165) is 11.1 Å². The van der Waals surface area contributed by atoms with Gasteiger partial charge in [0.15, 0.2) is 5.76 Å². The number of hydrogen-bond acceptors (Lipinski definition) is 5. The van der Waals surface area contributed by atoms with Crippen molar-refractivity contribution in [3.05, 3.63) is 76.1 Å². The molecule has 0 unspecified atom stereocenters. The number of carbonyl (C=O) groups excluding carboxylic acids is 1. The lowest BCUT2D eigenvalue weighted by atomic mass is 10.2. The normalized spacial score (nSPS) is 11.7. The Morgan fingerprint density at radius 3 is 2.42 bits per heavy atom. The fourth-order valence-corrected chi connectivity index (χ4v) is 3.82. The van der Waals surface area contributed by atoms with Crippen LogP contribution in [0.3, 0.4) is 0 Å². The molecule has 1 aromatic heterocycles. The van der Waals surface area contributed by atoms with E-state index in [1.807, 2.05) is 0 Å². The number of aromatic nitrogens is 1. The van der Waals surface area contributed by atoms with Crippen molar-refractivity contribution in [1.82, 2.24) is 9.88 Å². The molecule has 0 aliphatic rings. The maximum atomic E-state index is 12.5. The molecular weight excluding hydrogens is 438 g/mol. The zero-order valence-electron chi connectivity index (χ0n) is 17.1. The molecule has 3 rings (SSSR count). The van der Waals surface area contributed by atoms with Crippen molar-refractivity contribution in [3.8, 4) is 0 Å². The molecule has 0 aliphatic carbocycles. The van der Waals surface area contributed by atoms with Gasteiger partial charge in [-0.25, -0.2) is 13.1 Å². The minimum atomic E-state index is -3.66. The van der Waals surface area contributed by atoms with E-state index in [9.17, 15) is 13.2 Å². The Hall–Kier alpha value is -2.94. The largest absolute Gasteiger partial charge is 0.354 e. The molecule has 0 fully saturated rings. The summed E-state index contributed by atoms with van der Waals surface area (Å²) in [4.78, 5) is 11.8. The van der Waals surface area contributed by atoms with E-state index in [1.165, 1.54) is 12.1 Å². The zero-order valence-corrected chi connectivity index (χ0v) is 18.6. The quantitative estimate of drug-likeness (QED) is 0.511. The number of amides is 1. The monoisotopic (exact) mass is 459 g/mol. The Labute approximate surface area is 186 Å². The standard InChI is InChI=1S/C22H22ClN3O4S/c1-3-21(27)25-22-15(2)26-30-20(22)13-8-16-6-11-19(12-7-16)31(28,29)24-14-17-4-9-18(23)10-5-17/h4-13,24H,3,14H2,1-2H3,(H,25,27)/b13-8-. The lowest BCUT2D eigenvalue weighted by Gasteiger charge is -2.07. The Kier molecular flexibility index (Phi) is 7.27. The van der Waals surface area contributed by atoms with E-state index in [-0.39, 0.29) is 17.3 Å². The fraction of sp³-hybridized carbons (Fsp3) is 0.182. The number of carbonyl (C=O) groups is 1. The van der Waals surface area contributed by atoms with E-state index in [1.54, 1.807) is 62.4 Å². The molecule has 1 heterocycles. The van der Waals surface area contributed by atoms with E-state index in [0.29, 0.717) is 28.6 Å². The summed E-state index contributed by atoms with van der Waals surface area (Å²) in [6.45, 7) is 3.66. The van der Waals surface area contributed by atoms with Crippen molar-refractivity contribution in [2.24, 2.45) is 0 Å².